The fourth-order valence-electron chi connectivity index (χ4n) is 1.54. The van der Waals surface area contributed by atoms with Gasteiger partial charge in [0.2, 0.25) is 0 Å². The van der Waals surface area contributed by atoms with Crippen molar-refractivity contribution in [3.63, 3.8) is 0 Å². The molecule has 1 unspecified atom stereocenters. The Kier molecular flexibility index (Phi) is 4.86. The summed E-state index contributed by atoms with van der Waals surface area (Å²) in [4.78, 5) is 11.1. The minimum absolute atomic E-state index is 0.127. The molecule has 0 saturated carbocycles. The summed E-state index contributed by atoms with van der Waals surface area (Å²) in [5.41, 5.74) is 0. The van der Waals surface area contributed by atoms with Crippen LogP contribution in [-0.4, -0.2) is 38.6 Å². The van der Waals surface area contributed by atoms with Crippen molar-refractivity contribution in [3.8, 4) is 0 Å². The van der Waals surface area contributed by atoms with Crippen molar-refractivity contribution in [3.05, 3.63) is 0 Å². The van der Waals surface area contributed by atoms with Crippen LogP contribution in [0.15, 0.2) is 0 Å². The van der Waals surface area contributed by atoms with E-state index in [1.807, 2.05) is 7.85 Å². The molecule has 0 radical (unpaired) electrons. The van der Waals surface area contributed by atoms with Crippen molar-refractivity contribution in [2.24, 2.45) is 0 Å². The van der Waals surface area contributed by atoms with Gasteiger partial charge in [-0.3, -0.25) is 4.79 Å². The maximum absolute atomic E-state index is 11.1. The van der Waals surface area contributed by atoms with Gasteiger partial charge in [-0.2, -0.15) is 0 Å². The number of carbonyl (C=O) groups excluding carboxylic acids is 1. The highest BCUT2D eigenvalue weighted by atomic mass is 31.0. The number of esters is 1. The third-order valence-corrected chi connectivity index (χ3v) is 2.41. The molecule has 1 saturated heterocycles. The normalized spacial score (nSPS) is 31.7. The molecule has 0 aliphatic carbocycles. The lowest BCUT2D eigenvalue weighted by Gasteiger charge is -2.17. The predicted molar refractivity (Wildman–Crippen MR) is 57.7 cm³/mol. The molecule has 0 aromatic rings. The van der Waals surface area contributed by atoms with E-state index >= 15 is 0 Å². The van der Waals surface area contributed by atoms with E-state index in [4.69, 9.17) is 14.0 Å². The summed E-state index contributed by atoms with van der Waals surface area (Å²) in [6.45, 7) is 2.22. The van der Waals surface area contributed by atoms with Crippen molar-refractivity contribution in [1.82, 2.24) is 0 Å². The summed E-state index contributed by atoms with van der Waals surface area (Å²) in [5.74, 6) is -0.179. The third kappa shape index (κ3) is 3.23. The molecule has 1 fully saturated rings. The zero-order chi connectivity index (χ0) is 10.6. The monoisotopic (exact) mass is 218 g/mol. The molecule has 80 valence electrons. The molecule has 1 aliphatic heterocycles. The molecular formula is C8H16BO4P. The molecule has 0 N–H and O–H groups in total. The average Bonchev–Trinajstić information content (AvgIpc) is 2.47. The highest BCUT2D eigenvalue weighted by Crippen LogP contribution is 2.22. The summed E-state index contributed by atoms with van der Waals surface area (Å²) in [7, 11) is 4.14. The van der Waals surface area contributed by atoms with Gasteiger partial charge in [-0.15, -0.1) is 0 Å². The fraction of sp³-hybridized carbons (Fsp3) is 0.875. The van der Waals surface area contributed by atoms with Crippen LogP contribution in [0.3, 0.4) is 0 Å². The summed E-state index contributed by atoms with van der Waals surface area (Å²) >= 11 is 0. The molecule has 1 rings (SSSR count). The first-order chi connectivity index (χ1) is 6.67. The Balaban J connectivity index is 2.44. The van der Waals surface area contributed by atoms with E-state index in [2.05, 4.69) is 9.47 Å². The second-order valence-corrected chi connectivity index (χ2v) is 3.77. The van der Waals surface area contributed by atoms with Gasteiger partial charge in [0.1, 0.15) is 20.1 Å². The maximum atomic E-state index is 11.1. The van der Waals surface area contributed by atoms with E-state index in [0.29, 0.717) is 13.0 Å². The number of hydrogen-bond acceptors (Lipinski definition) is 4. The van der Waals surface area contributed by atoms with Gasteiger partial charge < -0.3 is 14.0 Å². The van der Waals surface area contributed by atoms with Crippen LogP contribution in [0.5, 0.6) is 0 Å². The van der Waals surface area contributed by atoms with Gasteiger partial charge in [0.25, 0.3) is 0 Å². The van der Waals surface area contributed by atoms with Crippen LogP contribution in [-0.2, 0) is 18.8 Å². The Morgan fingerprint density at radius 2 is 2.43 bits per heavy atom. The topological polar surface area (TPSA) is 44.8 Å². The van der Waals surface area contributed by atoms with Gasteiger partial charge in [-0.05, 0) is 0 Å². The molecule has 4 nitrogen and oxygen atoms in total. The van der Waals surface area contributed by atoms with E-state index in [0.717, 1.165) is 6.42 Å². The molecule has 14 heavy (non-hydrogen) atoms. The predicted octanol–water partition coefficient (Wildman–Crippen LogP) is -0.137. The first kappa shape index (κ1) is 12.0. The Morgan fingerprint density at radius 3 is 3.00 bits per heavy atom. The number of ether oxygens (including phenoxy) is 2. The maximum Gasteiger partial charge on any atom is 0.305 e. The van der Waals surface area contributed by atoms with Crippen LogP contribution < -0.4 is 0 Å². The van der Waals surface area contributed by atoms with E-state index < -0.39 is 0 Å². The molecule has 0 aromatic carbocycles. The molecular weight excluding hydrogens is 202 g/mol. The van der Waals surface area contributed by atoms with Crippen LogP contribution in [0.4, 0.5) is 0 Å². The lowest BCUT2D eigenvalue weighted by Crippen LogP contribution is -2.30. The second-order valence-electron chi connectivity index (χ2n) is 3.44. The molecule has 6 heteroatoms. The van der Waals surface area contributed by atoms with Gasteiger partial charge >= 0.3 is 5.97 Å². The zero-order valence-corrected chi connectivity index (χ0v) is 9.72. The number of hydrogen-bond donors (Lipinski definition) is 0. The van der Waals surface area contributed by atoms with E-state index in [1.165, 1.54) is 0 Å². The molecule has 0 spiro atoms. The molecule has 0 bridgehead atoms. The van der Waals surface area contributed by atoms with Crippen molar-refractivity contribution >= 4 is 23.3 Å². The SMILES string of the molecule is B[C@@H]1C[C@H](OC(=O)CC)[C@H](COP)O1. The molecule has 1 aliphatic rings. The molecule has 0 aromatic heterocycles. The second kappa shape index (κ2) is 5.69. The lowest BCUT2D eigenvalue weighted by atomic mass is 9.96. The highest BCUT2D eigenvalue weighted by Gasteiger charge is 2.35. The molecule has 1 heterocycles. The summed E-state index contributed by atoms with van der Waals surface area (Å²) in [6.07, 6.45) is 0.875. The summed E-state index contributed by atoms with van der Waals surface area (Å²) < 4.78 is 15.7. The third-order valence-electron chi connectivity index (χ3n) is 2.22. The van der Waals surface area contributed by atoms with Gasteiger partial charge in [0.05, 0.1) is 6.61 Å². The van der Waals surface area contributed by atoms with Gasteiger partial charge in [-0.1, -0.05) is 6.92 Å². The van der Waals surface area contributed by atoms with Gasteiger partial charge in [-0.25, -0.2) is 0 Å². The van der Waals surface area contributed by atoms with Crippen LogP contribution in [0.25, 0.3) is 0 Å². The van der Waals surface area contributed by atoms with Crippen molar-refractivity contribution in [1.29, 1.82) is 0 Å². The number of rotatable bonds is 4. The van der Waals surface area contributed by atoms with Gasteiger partial charge in [0.15, 0.2) is 0 Å². The first-order valence-electron chi connectivity index (χ1n) is 4.84. The van der Waals surface area contributed by atoms with Gasteiger partial charge in [0, 0.05) is 28.3 Å². The fourth-order valence-corrected chi connectivity index (χ4v) is 1.73. The minimum Gasteiger partial charge on any atom is -0.459 e. The molecule has 4 atom stereocenters. The largest absolute Gasteiger partial charge is 0.459 e. The minimum atomic E-state index is -0.179. The summed E-state index contributed by atoms with van der Waals surface area (Å²) in [6, 6.07) is 0.134. The highest BCUT2D eigenvalue weighted by molar-refractivity contribution is 7.09. The smallest absolute Gasteiger partial charge is 0.305 e. The lowest BCUT2D eigenvalue weighted by molar-refractivity contribution is -0.152. The average molecular weight is 218 g/mol. The van der Waals surface area contributed by atoms with Crippen molar-refractivity contribution < 1.29 is 18.8 Å². The van der Waals surface area contributed by atoms with Crippen LogP contribution in [0.1, 0.15) is 19.8 Å². The Hall–Kier alpha value is -0.115. The Bertz CT molecular complexity index is 202. The number of carbonyl (C=O) groups is 1. The van der Waals surface area contributed by atoms with Crippen LogP contribution in [0.2, 0.25) is 0 Å². The first-order valence-corrected chi connectivity index (χ1v) is 5.31. The quantitative estimate of drug-likeness (QED) is 0.374. The van der Waals surface area contributed by atoms with Crippen LogP contribution in [0, 0.1) is 0 Å². The zero-order valence-electron chi connectivity index (χ0n) is 8.56. The van der Waals surface area contributed by atoms with Crippen molar-refractivity contribution in [2.75, 3.05) is 6.61 Å². The molecule has 0 amide bonds. The van der Waals surface area contributed by atoms with E-state index in [9.17, 15) is 4.79 Å². The Labute approximate surface area is 87.4 Å². The summed E-state index contributed by atoms with van der Waals surface area (Å²) in [5, 5.41) is 0. The Morgan fingerprint density at radius 1 is 1.71 bits per heavy atom. The van der Waals surface area contributed by atoms with Crippen molar-refractivity contribution in [2.45, 2.75) is 38.0 Å². The van der Waals surface area contributed by atoms with Crippen LogP contribution >= 0.6 is 9.47 Å². The standard InChI is InChI=1S/C8H16BO4P/c1-2-8(10)13-5-3-7(9)12-6(5)4-11-14/h5-7H,2-4,9,14H2,1H3/t5-,6-,7-/m0/s1. The van der Waals surface area contributed by atoms with E-state index in [1.54, 1.807) is 6.92 Å². The van der Waals surface area contributed by atoms with E-state index in [-0.39, 0.29) is 24.2 Å².